The second-order valence-corrected chi connectivity index (χ2v) is 8.14. The van der Waals surface area contributed by atoms with Crippen molar-refractivity contribution in [2.75, 3.05) is 31.9 Å². The number of ether oxygens (including phenoxy) is 2. The van der Waals surface area contributed by atoms with Crippen LogP contribution in [-0.4, -0.2) is 48.0 Å². The summed E-state index contributed by atoms with van der Waals surface area (Å²) >= 11 is 1.27. The number of aromatic nitrogens is 2. The Labute approximate surface area is 194 Å². The van der Waals surface area contributed by atoms with Gasteiger partial charge in [-0.2, -0.15) is 0 Å². The van der Waals surface area contributed by atoms with Crippen LogP contribution >= 0.6 is 11.8 Å². The summed E-state index contributed by atoms with van der Waals surface area (Å²) in [6.45, 7) is 0.883. The average Bonchev–Trinajstić information content (AvgIpc) is 2.81. The molecule has 0 radical (unpaired) electrons. The molecular formula is C23H24FN3O5S. The lowest BCUT2D eigenvalue weighted by atomic mass is 10.1. The summed E-state index contributed by atoms with van der Waals surface area (Å²) < 4.78 is 24.4. The molecule has 1 heterocycles. The number of hydrogen-bond donors (Lipinski definition) is 1. The molecule has 0 saturated heterocycles. The molecule has 0 aliphatic heterocycles. The van der Waals surface area contributed by atoms with E-state index in [9.17, 15) is 18.8 Å². The average molecular weight is 474 g/mol. The molecule has 0 aliphatic carbocycles. The Bertz CT molecular complexity index is 1200. The van der Waals surface area contributed by atoms with Gasteiger partial charge in [-0.3, -0.25) is 14.2 Å². The second-order valence-electron chi connectivity index (χ2n) is 7.07. The second kappa shape index (κ2) is 11.6. The molecule has 0 fully saturated rings. The molecule has 3 aromatic rings. The summed E-state index contributed by atoms with van der Waals surface area (Å²) in [5.74, 6) is -0.773. The van der Waals surface area contributed by atoms with E-state index in [4.69, 9.17) is 9.47 Å². The third-order valence-corrected chi connectivity index (χ3v) is 5.74. The van der Waals surface area contributed by atoms with Crippen molar-refractivity contribution >= 4 is 40.2 Å². The van der Waals surface area contributed by atoms with Gasteiger partial charge in [0, 0.05) is 38.1 Å². The topological polar surface area (TPSA) is 99.5 Å². The van der Waals surface area contributed by atoms with E-state index in [2.05, 4.69) is 10.3 Å². The molecular weight excluding hydrogens is 449 g/mol. The predicted octanol–water partition coefficient (Wildman–Crippen LogP) is 3.48. The summed E-state index contributed by atoms with van der Waals surface area (Å²) in [7, 11) is 2.87. The first-order valence-electron chi connectivity index (χ1n) is 10.2. The fourth-order valence-electron chi connectivity index (χ4n) is 3.11. The number of amides is 1. The normalized spacial score (nSPS) is 10.9. The largest absolute Gasteiger partial charge is 0.465 e. The number of carbonyl (C=O) groups is 2. The summed E-state index contributed by atoms with van der Waals surface area (Å²) in [6, 6.07) is 10.1. The van der Waals surface area contributed by atoms with E-state index >= 15 is 0 Å². The summed E-state index contributed by atoms with van der Waals surface area (Å²) in [5, 5.41) is 3.54. The summed E-state index contributed by atoms with van der Waals surface area (Å²) in [6.07, 6.45) is 0.776. The minimum absolute atomic E-state index is 0.163. The van der Waals surface area contributed by atoms with Crippen molar-refractivity contribution in [2.24, 2.45) is 0 Å². The van der Waals surface area contributed by atoms with Crippen LogP contribution < -0.4 is 10.9 Å². The van der Waals surface area contributed by atoms with Crippen LogP contribution in [0.4, 0.5) is 10.1 Å². The molecule has 0 atom stereocenters. The van der Waals surface area contributed by atoms with Crippen LogP contribution in [0, 0.1) is 5.82 Å². The number of esters is 1. The highest BCUT2D eigenvalue weighted by Gasteiger charge is 2.15. The van der Waals surface area contributed by atoms with Crippen LogP contribution in [0.5, 0.6) is 0 Å². The van der Waals surface area contributed by atoms with Gasteiger partial charge in [-0.15, -0.1) is 0 Å². The number of halogens is 1. The van der Waals surface area contributed by atoms with Crippen LogP contribution in [0.1, 0.15) is 23.2 Å². The molecule has 1 amide bonds. The van der Waals surface area contributed by atoms with Crippen LogP contribution in [-0.2, 0) is 20.8 Å². The first-order chi connectivity index (χ1) is 15.9. The Balaban J connectivity index is 1.79. The fraction of sp³-hybridized carbons (Fsp3) is 0.304. The molecule has 0 unspecified atom stereocenters. The molecule has 10 heteroatoms. The lowest BCUT2D eigenvalue weighted by Gasteiger charge is -2.13. The first kappa shape index (κ1) is 24.4. The molecule has 1 aromatic heterocycles. The molecule has 2 aromatic carbocycles. The highest BCUT2D eigenvalue weighted by molar-refractivity contribution is 7.99. The number of nitrogens with zero attached hydrogens (tertiary/aromatic N) is 2. The molecule has 33 heavy (non-hydrogen) atoms. The predicted molar refractivity (Wildman–Crippen MR) is 124 cm³/mol. The number of nitrogens with one attached hydrogen (secondary N) is 1. The summed E-state index contributed by atoms with van der Waals surface area (Å²) in [4.78, 5) is 41.8. The number of anilines is 1. The van der Waals surface area contributed by atoms with Gasteiger partial charge in [0.1, 0.15) is 5.82 Å². The zero-order valence-electron chi connectivity index (χ0n) is 18.3. The third-order valence-electron chi connectivity index (χ3n) is 4.76. The molecule has 1 N–H and O–H groups in total. The van der Waals surface area contributed by atoms with E-state index in [0.29, 0.717) is 52.6 Å². The quantitative estimate of drug-likeness (QED) is 0.208. The Morgan fingerprint density at radius 3 is 2.61 bits per heavy atom. The van der Waals surface area contributed by atoms with Crippen molar-refractivity contribution in [2.45, 2.75) is 24.5 Å². The lowest BCUT2D eigenvalue weighted by molar-refractivity contribution is -0.115. The molecule has 0 bridgehead atoms. The van der Waals surface area contributed by atoms with Crippen LogP contribution in [0.25, 0.3) is 10.9 Å². The number of thioether (sulfide) groups is 1. The van der Waals surface area contributed by atoms with Gasteiger partial charge in [-0.25, -0.2) is 14.2 Å². The van der Waals surface area contributed by atoms with E-state index < -0.39 is 5.97 Å². The molecule has 8 nitrogen and oxygen atoms in total. The highest BCUT2D eigenvalue weighted by Crippen LogP contribution is 2.21. The zero-order valence-corrected chi connectivity index (χ0v) is 19.1. The maximum atomic E-state index is 13.1. The molecule has 3 rings (SSSR count). The van der Waals surface area contributed by atoms with Crippen molar-refractivity contribution in [1.29, 1.82) is 0 Å². The van der Waals surface area contributed by atoms with Crippen molar-refractivity contribution in [3.63, 3.8) is 0 Å². The van der Waals surface area contributed by atoms with Crippen LogP contribution in [0.15, 0.2) is 52.4 Å². The number of rotatable bonds is 10. The zero-order chi connectivity index (χ0) is 23.8. The van der Waals surface area contributed by atoms with E-state index in [0.717, 1.165) is 0 Å². The maximum absolute atomic E-state index is 13.1. The summed E-state index contributed by atoms with van der Waals surface area (Å²) in [5.41, 5.74) is 0.945. The van der Waals surface area contributed by atoms with Gasteiger partial charge in [0.05, 0.1) is 23.6 Å². The number of carbonyl (C=O) groups excluding carboxylic acids is 2. The van der Waals surface area contributed by atoms with Gasteiger partial charge < -0.3 is 14.8 Å². The molecule has 0 spiro atoms. The van der Waals surface area contributed by atoms with Crippen molar-refractivity contribution in [1.82, 2.24) is 9.55 Å². The van der Waals surface area contributed by atoms with Gasteiger partial charge >= 0.3 is 5.97 Å². The Morgan fingerprint density at radius 1 is 1.15 bits per heavy atom. The minimum atomic E-state index is -0.519. The molecule has 174 valence electrons. The minimum Gasteiger partial charge on any atom is -0.465 e. The Kier molecular flexibility index (Phi) is 8.56. The highest BCUT2D eigenvalue weighted by atomic mass is 32.2. The third kappa shape index (κ3) is 6.39. The van der Waals surface area contributed by atoms with Crippen molar-refractivity contribution in [3.05, 3.63) is 64.2 Å². The van der Waals surface area contributed by atoms with E-state index in [-0.39, 0.29) is 23.7 Å². The van der Waals surface area contributed by atoms with E-state index in [1.54, 1.807) is 17.7 Å². The SMILES string of the molecule is COCCCn1c(SCCC(=O)Nc2ccc(F)cc2)nc2cc(C(=O)OC)ccc2c1=O. The number of methoxy groups -OCH3 is 2. The fourth-order valence-corrected chi connectivity index (χ4v) is 4.07. The first-order valence-corrected chi connectivity index (χ1v) is 11.2. The van der Waals surface area contributed by atoms with E-state index in [1.807, 2.05) is 0 Å². The Morgan fingerprint density at radius 2 is 1.91 bits per heavy atom. The van der Waals surface area contributed by atoms with Gasteiger partial charge in [0.2, 0.25) is 5.91 Å². The van der Waals surface area contributed by atoms with Crippen LogP contribution in [0.2, 0.25) is 0 Å². The van der Waals surface area contributed by atoms with E-state index in [1.165, 1.54) is 55.3 Å². The Hall–Kier alpha value is -3.24. The van der Waals surface area contributed by atoms with Gasteiger partial charge in [-0.1, -0.05) is 11.8 Å². The molecule has 0 saturated carbocycles. The number of fused-ring (bicyclic) bond motifs is 1. The van der Waals surface area contributed by atoms with Crippen LogP contribution in [0.3, 0.4) is 0 Å². The van der Waals surface area contributed by atoms with Gasteiger partial charge in [-0.05, 0) is 48.9 Å². The number of hydrogen-bond acceptors (Lipinski definition) is 7. The maximum Gasteiger partial charge on any atom is 0.337 e. The monoisotopic (exact) mass is 473 g/mol. The smallest absolute Gasteiger partial charge is 0.337 e. The van der Waals surface area contributed by atoms with Crippen molar-refractivity contribution in [3.8, 4) is 0 Å². The van der Waals surface area contributed by atoms with Crippen molar-refractivity contribution < 1.29 is 23.5 Å². The number of benzene rings is 2. The van der Waals surface area contributed by atoms with Gasteiger partial charge in [0.15, 0.2) is 5.16 Å². The van der Waals surface area contributed by atoms with Gasteiger partial charge in [0.25, 0.3) is 5.56 Å². The standard InChI is InChI=1S/C23H24FN3O5S/c1-31-12-3-11-27-21(29)18-9-4-15(22(30)32-2)14-19(18)26-23(27)33-13-10-20(28)25-17-7-5-16(24)6-8-17/h4-9,14H,3,10-13H2,1-2H3,(H,25,28). The lowest BCUT2D eigenvalue weighted by Crippen LogP contribution is -2.24. The molecule has 0 aliphatic rings.